The SMILES string of the molecule is CN1C(=O)c2ccccc2NC1(C)c1ccccc1OCc1ccccc1. The van der Waals surface area contributed by atoms with E-state index in [-0.39, 0.29) is 5.91 Å². The van der Waals surface area contributed by atoms with Gasteiger partial charge in [0.1, 0.15) is 18.0 Å². The third-order valence-corrected chi connectivity index (χ3v) is 5.16. The van der Waals surface area contributed by atoms with Crippen molar-refractivity contribution in [3.8, 4) is 5.75 Å². The minimum Gasteiger partial charge on any atom is -0.488 e. The minimum atomic E-state index is -0.710. The van der Waals surface area contributed by atoms with E-state index in [0.717, 1.165) is 22.6 Å². The van der Waals surface area contributed by atoms with Gasteiger partial charge in [-0.2, -0.15) is 0 Å². The average molecular weight is 358 g/mol. The summed E-state index contributed by atoms with van der Waals surface area (Å²) < 4.78 is 6.14. The molecule has 1 amide bonds. The van der Waals surface area contributed by atoms with Crippen LogP contribution in [0.2, 0.25) is 0 Å². The zero-order valence-electron chi connectivity index (χ0n) is 15.5. The quantitative estimate of drug-likeness (QED) is 0.739. The second-order valence-electron chi connectivity index (χ2n) is 6.88. The zero-order valence-corrected chi connectivity index (χ0v) is 15.5. The van der Waals surface area contributed by atoms with E-state index in [1.807, 2.05) is 92.8 Å². The molecule has 4 rings (SSSR count). The first-order valence-corrected chi connectivity index (χ1v) is 9.01. The molecule has 1 aliphatic rings. The number of benzene rings is 3. The summed E-state index contributed by atoms with van der Waals surface area (Å²) in [5, 5.41) is 3.53. The van der Waals surface area contributed by atoms with Crippen molar-refractivity contribution in [3.63, 3.8) is 0 Å². The van der Waals surface area contributed by atoms with Crippen LogP contribution >= 0.6 is 0 Å². The van der Waals surface area contributed by atoms with E-state index in [1.54, 1.807) is 4.90 Å². The van der Waals surface area contributed by atoms with Crippen molar-refractivity contribution in [2.75, 3.05) is 12.4 Å². The highest BCUT2D eigenvalue weighted by molar-refractivity contribution is 6.02. The van der Waals surface area contributed by atoms with Crippen LogP contribution < -0.4 is 10.1 Å². The molecule has 3 aromatic rings. The van der Waals surface area contributed by atoms with Gasteiger partial charge >= 0.3 is 0 Å². The molecule has 27 heavy (non-hydrogen) atoms. The van der Waals surface area contributed by atoms with Crippen LogP contribution in [-0.2, 0) is 12.3 Å². The maximum absolute atomic E-state index is 12.9. The topological polar surface area (TPSA) is 41.6 Å². The summed E-state index contributed by atoms with van der Waals surface area (Å²) in [6, 6.07) is 25.5. The molecule has 0 saturated heterocycles. The van der Waals surface area contributed by atoms with Crippen LogP contribution in [0.25, 0.3) is 0 Å². The van der Waals surface area contributed by atoms with Crippen molar-refractivity contribution in [1.82, 2.24) is 4.90 Å². The number of amides is 1. The Morgan fingerprint density at radius 2 is 1.59 bits per heavy atom. The van der Waals surface area contributed by atoms with Gasteiger partial charge in [0.15, 0.2) is 0 Å². The van der Waals surface area contributed by atoms with E-state index < -0.39 is 5.66 Å². The van der Waals surface area contributed by atoms with Crippen molar-refractivity contribution in [2.45, 2.75) is 19.2 Å². The van der Waals surface area contributed by atoms with Gasteiger partial charge in [-0.25, -0.2) is 0 Å². The Bertz CT molecular complexity index is 971. The Hall–Kier alpha value is -3.27. The smallest absolute Gasteiger partial charge is 0.257 e. The van der Waals surface area contributed by atoms with Crippen LogP contribution in [0.4, 0.5) is 5.69 Å². The highest BCUT2D eigenvalue weighted by Crippen LogP contribution is 2.40. The monoisotopic (exact) mass is 358 g/mol. The molecule has 0 radical (unpaired) electrons. The number of nitrogens with one attached hydrogen (secondary N) is 1. The first kappa shape index (κ1) is 17.2. The first-order valence-electron chi connectivity index (χ1n) is 9.01. The molecule has 3 aromatic carbocycles. The molecule has 1 atom stereocenters. The molecule has 0 fully saturated rings. The normalized spacial score (nSPS) is 18.6. The van der Waals surface area contributed by atoms with Crippen molar-refractivity contribution >= 4 is 11.6 Å². The highest BCUT2D eigenvalue weighted by atomic mass is 16.5. The number of fused-ring (bicyclic) bond motifs is 1. The van der Waals surface area contributed by atoms with Crippen molar-refractivity contribution in [3.05, 3.63) is 95.6 Å². The van der Waals surface area contributed by atoms with Crippen molar-refractivity contribution in [1.29, 1.82) is 0 Å². The van der Waals surface area contributed by atoms with Crippen LogP contribution in [0, 0.1) is 0 Å². The van der Waals surface area contributed by atoms with E-state index >= 15 is 0 Å². The Morgan fingerprint density at radius 3 is 2.41 bits per heavy atom. The number of rotatable bonds is 4. The number of carbonyl (C=O) groups is 1. The fraction of sp³-hybridized carbons (Fsp3) is 0.174. The molecular formula is C23H22N2O2. The van der Waals surface area contributed by atoms with Gasteiger partial charge in [-0.15, -0.1) is 0 Å². The molecule has 0 bridgehead atoms. The average Bonchev–Trinajstić information content (AvgIpc) is 2.72. The van der Waals surface area contributed by atoms with E-state index in [9.17, 15) is 4.79 Å². The van der Waals surface area contributed by atoms with Crippen LogP contribution in [-0.4, -0.2) is 17.9 Å². The van der Waals surface area contributed by atoms with E-state index in [2.05, 4.69) is 5.32 Å². The lowest BCUT2D eigenvalue weighted by Crippen LogP contribution is -2.53. The summed E-state index contributed by atoms with van der Waals surface area (Å²) in [7, 11) is 1.82. The van der Waals surface area contributed by atoms with Gasteiger partial charge in [-0.1, -0.05) is 60.7 Å². The zero-order chi connectivity index (χ0) is 18.9. The number of hydrogen-bond acceptors (Lipinski definition) is 3. The second-order valence-corrected chi connectivity index (χ2v) is 6.88. The van der Waals surface area contributed by atoms with Crippen LogP contribution in [0.15, 0.2) is 78.9 Å². The maximum atomic E-state index is 12.9. The largest absolute Gasteiger partial charge is 0.488 e. The Morgan fingerprint density at radius 1 is 0.926 bits per heavy atom. The number of carbonyl (C=O) groups excluding carboxylic acids is 1. The summed E-state index contributed by atoms with van der Waals surface area (Å²) in [6.07, 6.45) is 0. The summed E-state index contributed by atoms with van der Waals surface area (Å²) >= 11 is 0. The lowest BCUT2D eigenvalue weighted by Gasteiger charge is -2.45. The van der Waals surface area contributed by atoms with Gasteiger partial charge < -0.3 is 15.0 Å². The number of ether oxygens (including phenoxy) is 1. The number of hydrogen-bond donors (Lipinski definition) is 1. The summed E-state index contributed by atoms with van der Waals surface area (Å²) in [4.78, 5) is 14.7. The maximum Gasteiger partial charge on any atom is 0.257 e. The molecule has 0 aliphatic carbocycles. The van der Waals surface area contributed by atoms with E-state index in [0.29, 0.717) is 12.2 Å². The number of para-hydroxylation sites is 2. The molecule has 1 unspecified atom stereocenters. The summed E-state index contributed by atoms with van der Waals surface area (Å²) in [6.45, 7) is 2.48. The summed E-state index contributed by atoms with van der Waals surface area (Å²) in [5.74, 6) is 0.750. The second kappa shape index (κ2) is 6.80. The predicted molar refractivity (Wildman–Crippen MR) is 107 cm³/mol. The lowest BCUT2D eigenvalue weighted by atomic mass is 9.93. The standard InChI is InChI=1S/C23H22N2O2/c1-23(24-20-14-8-6-12-18(20)22(26)25(23)2)19-13-7-9-15-21(19)27-16-17-10-4-3-5-11-17/h3-15,24H,16H2,1-2H3. The molecule has 0 aromatic heterocycles. The van der Waals surface area contributed by atoms with Crippen molar-refractivity contribution in [2.24, 2.45) is 0 Å². The van der Waals surface area contributed by atoms with Gasteiger partial charge in [0.25, 0.3) is 5.91 Å². The third kappa shape index (κ3) is 3.04. The number of anilines is 1. The molecular weight excluding hydrogens is 336 g/mol. The predicted octanol–water partition coefficient (Wildman–Crippen LogP) is 4.64. The van der Waals surface area contributed by atoms with Crippen LogP contribution in [0.1, 0.15) is 28.4 Å². The minimum absolute atomic E-state index is 0.00953. The van der Waals surface area contributed by atoms with Gasteiger partial charge in [0.2, 0.25) is 0 Å². The fourth-order valence-electron chi connectivity index (χ4n) is 3.49. The van der Waals surface area contributed by atoms with Gasteiger partial charge in [0, 0.05) is 18.3 Å². The molecule has 136 valence electrons. The molecule has 0 spiro atoms. The molecule has 1 heterocycles. The Kier molecular flexibility index (Phi) is 4.32. The van der Waals surface area contributed by atoms with Crippen LogP contribution in [0.3, 0.4) is 0 Å². The third-order valence-electron chi connectivity index (χ3n) is 5.16. The van der Waals surface area contributed by atoms with Crippen molar-refractivity contribution < 1.29 is 9.53 Å². The molecule has 1 aliphatic heterocycles. The van der Waals surface area contributed by atoms with Gasteiger partial charge in [0.05, 0.1) is 5.56 Å². The Labute approximate surface area is 159 Å². The highest BCUT2D eigenvalue weighted by Gasteiger charge is 2.41. The lowest BCUT2D eigenvalue weighted by molar-refractivity contribution is 0.0610. The first-order chi connectivity index (χ1) is 13.1. The van der Waals surface area contributed by atoms with Gasteiger partial charge in [-0.05, 0) is 30.7 Å². The summed E-state index contributed by atoms with van der Waals surface area (Å²) in [5.41, 5.74) is 2.83. The Balaban J connectivity index is 1.70. The van der Waals surface area contributed by atoms with Crippen LogP contribution in [0.5, 0.6) is 5.75 Å². The molecule has 0 saturated carbocycles. The fourth-order valence-corrected chi connectivity index (χ4v) is 3.49. The number of nitrogens with zero attached hydrogens (tertiary/aromatic N) is 1. The molecule has 4 heteroatoms. The molecule has 1 N–H and O–H groups in total. The van der Waals surface area contributed by atoms with E-state index in [1.165, 1.54) is 0 Å². The van der Waals surface area contributed by atoms with Gasteiger partial charge in [-0.3, -0.25) is 4.79 Å². The van der Waals surface area contributed by atoms with E-state index in [4.69, 9.17) is 4.74 Å². The molecule has 4 nitrogen and oxygen atoms in total.